The van der Waals surface area contributed by atoms with Gasteiger partial charge in [-0.3, -0.25) is 4.68 Å². The van der Waals surface area contributed by atoms with Gasteiger partial charge in [0.1, 0.15) is 12.9 Å². The van der Waals surface area contributed by atoms with Gasteiger partial charge >= 0.3 is 0 Å². The molecule has 0 bridgehead atoms. The molecule has 19 heavy (non-hydrogen) atoms. The third-order valence-electron chi connectivity index (χ3n) is 2.99. The van der Waals surface area contributed by atoms with E-state index in [2.05, 4.69) is 10.1 Å². The third-order valence-corrected chi connectivity index (χ3v) is 2.99. The largest absolute Gasteiger partial charge is 0.504 e. The lowest BCUT2D eigenvalue weighted by Gasteiger charge is -2.09. The van der Waals surface area contributed by atoms with Crippen LogP contribution in [-0.4, -0.2) is 19.9 Å². The molecule has 0 saturated carbocycles. The Morgan fingerprint density at radius 1 is 1.21 bits per heavy atom. The van der Waals surface area contributed by atoms with Gasteiger partial charge in [0.25, 0.3) is 0 Å². The summed E-state index contributed by atoms with van der Waals surface area (Å²) in [7, 11) is 1.80. The second kappa shape index (κ2) is 4.61. The number of aromatic nitrogens is 3. The highest BCUT2D eigenvalue weighted by atomic mass is 16.5. The van der Waals surface area contributed by atoms with Crippen molar-refractivity contribution in [2.75, 3.05) is 0 Å². The van der Waals surface area contributed by atoms with E-state index in [4.69, 9.17) is 4.74 Å². The molecule has 1 aromatic heterocycles. The van der Waals surface area contributed by atoms with Gasteiger partial charge < -0.3 is 9.84 Å². The Balaban J connectivity index is 1.88. The molecule has 3 aromatic rings. The zero-order valence-corrected chi connectivity index (χ0v) is 10.4. The van der Waals surface area contributed by atoms with Crippen molar-refractivity contribution in [1.82, 2.24) is 14.8 Å². The first kappa shape index (κ1) is 11.5. The Morgan fingerprint density at radius 2 is 1.95 bits per heavy atom. The summed E-state index contributed by atoms with van der Waals surface area (Å²) in [5.41, 5.74) is 0. The minimum absolute atomic E-state index is 0.126. The molecule has 0 radical (unpaired) electrons. The van der Waals surface area contributed by atoms with E-state index in [1.165, 1.54) is 6.33 Å². The Bertz CT molecular complexity index is 722. The normalized spacial score (nSPS) is 10.8. The van der Waals surface area contributed by atoms with Crippen LogP contribution in [0.25, 0.3) is 10.8 Å². The zero-order chi connectivity index (χ0) is 13.2. The maximum Gasteiger partial charge on any atom is 0.164 e. The smallest absolute Gasteiger partial charge is 0.164 e. The predicted molar refractivity (Wildman–Crippen MR) is 70.9 cm³/mol. The molecule has 2 aromatic carbocycles. The van der Waals surface area contributed by atoms with E-state index in [-0.39, 0.29) is 12.4 Å². The van der Waals surface area contributed by atoms with Gasteiger partial charge in [-0.15, -0.1) is 0 Å². The molecule has 0 amide bonds. The number of nitrogens with zero attached hydrogens (tertiary/aromatic N) is 3. The second-order valence-electron chi connectivity index (χ2n) is 4.26. The SMILES string of the molecule is Cn1ncnc1COc1cc2ccccc2cc1O. The maximum atomic E-state index is 9.94. The van der Waals surface area contributed by atoms with Crippen molar-refractivity contribution >= 4 is 10.8 Å². The number of hydrogen-bond donors (Lipinski definition) is 1. The van der Waals surface area contributed by atoms with E-state index >= 15 is 0 Å². The topological polar surface area (TPSA) is 60.2 Å². The minimum Gasteiger partial charge on any atom is -0.504 e. The third kappa shape index (κ3) is 2.22. The Labute approximate surface area is 110 Å². The molecule has 5 heteroatoms. The molecule has 0 unspecified atom stereocenters. The summed E-state index contributed by atoms with van der Waals surface area (Å²) in [5, 5.41) is 15.9. The molecule has 0 aliphatic rings. The average molecular weight is 255 g/mol. The van der Waals surface area contributed by atoms with Crippen LogP contribution < -0.4 is 4.74 Å². The van der Waals surface area contributed by atoms with Gasteiger partial charge in [-0.1, -0.05) is 24.3 Å². The van der Waals surface area contributed by atoms with Gasteiger partial charge in [0.2, 0.25) is 0 Å². The zero-order valence-electron chi connectivity index (χ0n) is 10.4. The summed E-state index contributed by atoms with van der Waals surface area (Å²) >= 11 is 0. The number of benzene rings is 2. The quantitative estimate of drug-likeness (QED) is 0.779. The fraction of sp³-hybridized carbons (Fsp3) is 0.143. The summed E-state index contributed by atoms with van der Waals surface area (Å²) in [5.74, 6) is 1.27. The molecule has 3 rings (SSSR count). The van der Waals surface area contributed by atoms with Gasteiger partial charge in [-0.25, -0.2) is 4.98 Å². The molecular weight excluding hydrogens is 242 g/mol. The number of phenolic OH excluding ortho intramolecular Hbond substituents is 1. The van der Waals surface area contributed by atoms with E-state index in [0.717, 1.165) is 10.8 Å². The van der Waals surface area contributed by atoms with Crippen LogP contribution >= 0.6 is 0 Å². The van der Waals surface area contributed by atoms with Crippen LogP contribution in [-0.2, 0) is 13.7 Å². The molecule has 96 valence electrons. The standard InChI is InChI=1S/C14H13N3O2/c1-17-14(15-9-16-17)8-19-13-7-11-5-3-2-4-10(11)6-12(13)18/h2-7,9,18H,8H2,1H3. The monoisotopic (exact) mass is 255 g/mol. The molecule has 0 spiro atoms. The van der Waals surface area contributed by atoms with Gasteiger partial charge in [-0.2, -0.15) is 5.10 Å². The van der Waals surface area contributed by atoms with E-state index in [1.807, 2.05) is 30.3 Å². The molecule has 1 heterocycles. The highest BCUT2D eigenvalue weighted by molar-refractivity contribution is 5.85. The van der Waals surface area contributed by atoms with Crippen LogP contribution in [0.5, 0.6) is 11.5 Å². The highest BCUT2D eigenvalue weighted by Gasteiger charge is 2.07. The van der Waals surface area contributed by atoms with Gasteiger partial charge in [0, 0.05) is 7.05 Å². The van der Waals surface area contributed by atoms with Crippen LogP contribution in [0.3, 0.4) is 0 Å². The number of hydrogen-bond acceptors (Lipinski definition) is 4. The van der Waals surface area contributed by atoms with E-state index < -0.39 is 0 Å². The summed E-state index contributed by atoms with van der Waals surface area (Å²) < 4.78 is 7.23. The maximum absolute atomic E-state index is 9.94. The van der Waals surface area contributed by atoms with Crippen molar-refractivity contribution in [1.29, 1.82) is 0 Å². The van der Waals surface area contributed by atoms with E-state index in [9.17, 15) is 5.11 Å². The molecule has 0 atom stereocenters. The molecule has 0 aliphatic carbocycles. The van der Waals surface area contributed by atoms with Crippen molar-refractivity contribution < 1.29 is 9.84 Å². The fourth-order valence-corrected chi connectivity index (χ4v) is 1.92. The summed E-state index contributed by atoms with van der Waals surface area (Å²) in [6.45, 7) is 0.266. The van der Waals surface area contributed by atoms with E-state index in [0.29, 0.717) is 11.6 Å². The Morgan fingerprint density at radius 3 is 2.63 bits per heavy atom. The predicted octanol–water partition coefficient (Wildman–Crippen LogP) is 2.25. The molecule has 0 aliphatic heterocycles. The van der Waals surface area contributed by atoms with Gasteiger partial charge in [0.05, 0.1) is 0 Å². The number of ether oxygens (including phenoxy) is 1. The number of aryl methyl sites for hydroxylation is 1. The van der Waals surface area contributed by atoms with Gasteiger partial charge in [0.15, 0.2) is 17.3 Å². The van der Waals surface area contributed by atoms with Crippen molar-refractivity contribution in [3.05, 3.63) is 48.5 Å². The van der Waals surface area contributed by atoms with Crippen molar-refractivity contribution in [2.24, 2.45) is 7.05 Å². The summed E-state index contributed by atoms with van der Waals surface area (Å²) in [4.78, 5) is 4.07. The molecule has 0 saturated heterocycles. The molecule has 5 nitrogen and oxygen atoms in total. The summed E-state index contributed by atoms with van der Waals surface area (Å²) in [6.07, 6.45) is 1.47. The van der Waals surface area contributed by atoms with Crippen LogP contribution in [0.1, 0.15) is 5.82 Å². The number of rotatable bonds is 3. The molecule has 0 fully saturated rings. The van der Waals surface area contributed by atoms with Crippen LogP contribution in [0.4, 0.5) is 0 Å². The van der Waals surface area contributed by atoms with Crippen molar-refractivity contribution in [3.63, 3.8) is 0 Å². The lowest BCUT2D eigenvalue weighted by atomic mass is 10.1. The Hall–Kier alpha value is -2.56. The highest BCUT2D eigenvalue weighted by Crippen LogP contribution is 2.31. The minimum atomic E-state index is 0.126. The van der Waals surface area contributed by atoms with E-state index in [1.54, 1.807) is 17.8 Å². The first-order valence-electron chi connectivity index (χ1n) is 5.91. The molecule has 1 N–H and O–H groups in total. The first-order chi connectivity index (χ1) is 9.24. The average Bonchev–Trinajstić information content (AvgIpc) is 2.82. The van der Waals surface area contributed by atoms with Crippen LogP contribution in [0, 0.1) is 0 Å². The molecular formula is C14H13N3O2. The van der Waals surface area contributed by atoms with Crippen LogP contribution in [0.15, 0.2) is 42.7 Å². The van der Waals surface area contributed by atoms with Gasteiger partial charge in [-0.05, 0) is 22.9 Å². The second-order valence-corrected chi connectivity index (χ2v) is 4.26. The number of aromatic hydroxyl groups is 1. The van der Waals surface area contributed by atoms with Crippen LogP contribution in [0.2, 0.25) is 0 Å². The van der Waals surface area contributed by atoms with Crippen molar-refractivity contribution in [3.8, 4) is 11.5 Å². The number of fused-ring (bicyclic) bond motifs is 1. The Kier molecular flexibility index (Phi) is 2.79. The lowest BCUT2D eigenvalue weighted by molar-refractivity contribution is 0.275. The fourth-order valence-electron chi connectivity index (χ4n) is 1.92. The summed E-state index contributed by atoms with van der Waals surface area (Å²) in [6, 6.07) is 11.3. The first-order valence-corrected chi connectivity index (χ1v) is 5.91. The van der Waals surface area contributed by atoms with Crippen molar-refractivity contribution in [2.45, 2.75) is 6.61 Å². The lowest BCUT2D eigenvalue weighted by Crippen LogP contribution is -2.04. The number of phenols is 1.